The molecule has 1 atom stereocenters. The number of nitrogens with one attached hydrogen (secondary N) is 2. The van der Waals surface area contributed by atoms with E-state index in [0.29, 0.717) is 65.7 Å². The van der Waals surface area contributed by atoms with E-state index in [0.717, 1.165) is 11.3 Å². The quantitative estimate of drug-likeness (QED) is 0.454. The highest BCUT2D eigenvalue weighted by molar-refractivity contribution is 8.00. The monoisotopic (exact) mass is 497 g/mol. The predicted octanol–water partition coefficient (Wildman–Crippen LogP) is 3.72. The number of carbonyl (C=O) groups is 2. The van der Waals surface area contributed by atoms with Crippen molar-refractivity contribution in [2.75, 3.05) is 36.2 Å². The molecule has 3 aromatic rings. The molecule has 9 nitrogen and oxygen atoms in total. The van der Waals surface area contributed by atoms with Crippen molar-refractivity contribution in [2.45, 2.75) is 30.4 Å². The number of halogens is 1. The lowest BCUT2D eigenvalue weighted by Crippen LogP contribution is -2.25. The smallest absolute Gasteiger partial charge is 0.414 e. The summed E-state index contributed by atoms with van der Waals surface area (Å²) >= 11 is 1.48. The van der Waals surface area contributed by atoms with E-state index in [9.17, 15) is 14.0 Å². The fraction of sp³-hybridized carbons (Fsp3) is 0.333. The number of ether oxygens (including phenoxy) is 2. The summed E-state index contributed by atoms with van der Waals surface area (Å²) in [6, 6.07) is 9.02. The number of pyridine rings is 2. The summed E-state index contributed by atoms with van der Waals surface area (Å²) in [5, 5.41) is 6.09. The van der Waals surface area contributed by atoms with E-state index < -0.39 is 11.9 Å². The van der Waals surface area contributed by atoms with Crippen molar-refractivity contribution in [1.29, 1.82) is 0 Å². The lowest BCUT2D eigenvalue weighted by molar-refractivity contribution is -0.113. The minimum atomic E-state index is -0.425. The molecule has 0 spiro atoms. The fourth-order valence-corrected chi connectivity index (χ4v) is 4.94. The summed E-state index contributed by atoms with van der Waals surface area (Å²) in [6.07, 6.45) is 1.96. The van der Waals surface area contributed by atoms with Crippen LogP contribution in [0.1, 0.15) is 18.4 Å². The highest BCUT2D eigenvalue weighted by atomic mass is 32.2. The lowest BCUT2D eigenvalue weighted by Gasteiger charge is -2.20. The Balaban J connectivity index is 1.14. The summed E-state index contributed by atoms with van der Waals surface area (Å²) in [4.78, 5) is 35.1. The molecule has 1 saturated heterocycles. The number of anilines is 2. The lowest BCUT2D eigenvalue weighted by atomic mass is 10.1. The molecule has 1 fully saturated rings. The largest absolute Gasteiger partial charge is 0.481 e. The van der Waals surface area contributed by atoms with Crippen LogP contribution in [0.3, 0.4) is 0 Å². The van der Waals surface area contributed by atoms with Gasteiger partial charge in [0, 0.05) is 28.8 Å². The number of aromatic nitrogens is 2. The fourth-order valence-electron chi connectivity index (χ4n) is 4.15. The standard InChI is InChI=1S/C24H24FN5O4S/c1-33-22-7-5-18-23(29-22)16(17(25)11-27-18)10-26-8-2-3-15-12-30(24(32)34-15)14-4-6-20-19(9-14)28-21(31)13-35-20/h4-7,9,11,15,26H,2-3,8,10,12-13H2,1H3,(H,28,31)/t15-/m1/s1. The van der Waals surface area contributed by atoms with Gasteiger partial charge in [-0.25, -0.2) is 14.2 Å². The van der Waals surface area contributed by atoms with Gasteiger partial charge in [-0.2, -0.15) is 0 Å². The minimum absolute atomic E-state index is 0.0522. The molecule has 4 heterocycles. The molecule has 0 unspecified atom stereocenters. The maximum atomic E-state index is 14.4. The number of hydrogen-bond acceptors (Lipinski definition) is 8. The van der Waals surface area contributed by atoms with Crippen LogP contribution < -0.4 is 20.3 Å². The van der Waals surface area contributed by atoms with Gasteiger partial charge in [-0.05, 0) is 43.7 Å². The highest BCUT2D eigenvalue weighted by Gasteiger charge is 2.32. The van der Waals surface area contributed by atoms with Crippen molar-refractivity contribution in [3.63, 3.8) is 0 Å². The molecule has 0 saturated carbocycles. The first kappa shape index (κ1) is 23.3. The number of fused-ring (bicyclic) bond motifs is 2. The van der Waals surface area contributed by atoms with Gasteiger partial charge in [-0.3, -0.25) is 14.7 Å². The van der Waals surface area contributed by atoms with Gasteiger partial charge >= 0.3 is 6.09 Å². The Kier molecular flexibility index (Phi) is 6.69. The third-order valence-electron chi connectivity index (χ3n) is 5.91. The molecule has 2 aliphatic heterocycles. The molecule has 11 heteroatoms. The van der Waals surface area contributed by atoms with Crippen LogP contribution in [-0.2, 0) is 16.1 Å². The number of nitrogens with zero attached hydrogens (tertiary/aromatic N) is 3. The third kappa shape index (κ3) is 5.01. The number of hydrogen-bond donors (Lipinski definition) is 2. The van der Waals surface area contributed by atoms with Crippen molar-refractivity contribution in [3.8, 4) is 5.88 Å². The van der Waals surface area contributed by atoms with Crippen LogP contribution in [0.5, 0.6) is 5.88 Å². The zero-order chi connectivity index (χ0) is 24.4. The Hall–Kier alpha value is -3.44. The molecule has 2 N–H and O–H groups in total. The normalized spacial score (nSPS) is 17.3. The van der Waals surface area contributed by atoms with Gasteiger partial charge < -0.3 is 20.1 Å². The van der Waals surface area contributed by atoms with Gasteiger partial charge in [-0.15, -0.1) is 11.8 Å². The second-order valence-electron chi connectivity index (χ2n) is 8.26. The van der Waals surface area contributed by atoms with Crippen molar-refractivity contribution in [2.24, 2.45) is 0 Å². The van der Waals surface area contributed by atoms with E-state index in [1.807, 2.05) is 12.1 Å². The Morgan fingerprint density at radius 2 is 2.20 bits per heavy atom. The summed E-state index contributed by atoms with van der Waals surface area (Å²) in [6.45, 7) is 1.34. The molecule has 0 bridgehead atoms. The molecule has 2 amide bonds. The van der Waals surface area contributed by atoms with Crippen LogP contribution in [0.15, 0.2) is 41.4 Å². The molecule has 0 radical (unpaired) electrons. The summed E-state index contributed by atoms with van der Waals surface area (Å²) in [5.74, 6) is 0.316. The Morgan fingerprint density at radius 3 is 3.06 bits per heavy atom. The number of rotatable bonds is 8. The van der Waals surface area contributed by atoms with Gasteiger partial charge in [-0.1, -0.05) is 0 Å². The summed E-state index contributed by atoms with van der Waals surface area (Å²) < 4.78 is 25.1. The van der Waals surface area contributed by atoms with Crippen molar-refractivity contribution >= 4 is 46.2 Å². The van der Waals surface area contributed by atoms with Crippen LogP contribution in [0.4, 0.5) is 20.6 Å². The number of thioether (sulfide) groups is 1. The summed E-state index contributed by atoms with van der Waals surface area (Å²) in [7, 11) is 1.51. The average molecular weight is 498 g/mol. The Morgan fingerprint density at radius 1 is 1.31 bits per heavy atom. The average Bonchev–Trinajstić information content (AvgIpc) is 3.24. The zero-order valence-electron chi connectivity index (χ0n) is 19.0. The molecular formula is C24H24FN5O4S. The summed E-state index contributed by atoms with van der Waals surface area (Å²) in [5.41, 5.74) is 2.91. The topological polar surface area (TPSA) is 106 Å². The van der Waals surface area contributed by atoms with Gasteiger partial charge in [0.2, 0.25) is 11.8 Å². The van der Waals surface area contributed by atoms with Gasteiger partial charge in [0.25, 0.3) is 0 Å². The maximum absolute atomic E-state index is 14.4. The van der Waals surface area contributed by atoms with E-state index in [1.54, 1.807) is 23.1 Å². The first-order chi connectivity index (χ1) is 17.0. The van der Waals surface area contributed by atoms with Crippen molar-refractivity contribution < 1.29 is 23.5 Å². The first-order valence-corrected chi connectivity index (χ1v) is 12.2. The molecule has 5 rings (SSSR count). The van der Waals surface area contributed by atoms with E-state index in [2.05, 4.69) is 20.6 Å². The number of amides is 2. The molecule has 182 valence electrons. The second-order valence-corrected chi connectivity index (χ2v) is 9.28. The SMILES string of the molecule is COc1ccc2ncc(F)c(CNCCC[C@@H]3CN(c4ccc5c(c4)NC(=O)CS5)C(=O)O3)c2n1. The van der Waals surface area contributed by atoms with Crippen LogP contribution in [0.2, 0.25) is 0 Å². The van der Waals surface area contributed by atoms with Crippen LogP contribution in [0.25, 0.3) is 11.0 Å². The molecule has 0 aliphatic carbocycles. The van der Waals surface area contributed by atoms with E-state index in [4.69, 9.17) is 9.47 Å². The van der Waals surface area contributed by atoms with E-state index >= 15 is 0 Å². The number of carbonyl (C=O) groups excluding carboxylic acids is 2. The second kappa shape index (κ2) is 10.0. The first-order valence-electron chi connectivity index (χ1n) is 11.3. The van der Waals surface area contributed by atoms with E-state index in [-0.39, 0.29) is 12.0 Å². The molecule has 2 aliphatic rings. The molecule has 1 aromatic carbocycles. The molecule has 2 aromatic heterocycles. The number of cyclic esters (lactones) is 1. The maximum Gasteiger partial charge on any atom is 0.414 e. The molecule has 35 heavy (non-hydrogen) atoms. The van der Waals surface area contributed by atoms with Gasteiger partial charge in [0.15, 0.2) is 0 Å². The number of methoxy groups -OCH3 is 1. The zero-order valence-corrected chi connectivity index (χ0v) is 19.9. The van der Waals surface area contributed by atoms with Crippen molar-refractivity contribution in [1.82, 2.24) is 15.3 Å². The Bertz CT molecular complexity index is 1290. The minimum Gasteiger partial charge on any atom is -0.481 e. The van der Waals surface area contributed by atoms with Crippen LogP contribution >= 0.6 is 11.8 Å². The van der Waals surface area contributed by atoms with Gasteiger partial charge in [0.05, 0.1) is 36.8 Å². The van der Waals surface area contributed by atoms with Crippen LogP contribution in [0, 0.1) is 5.82 Å². The molecular weight excluding hydrogens is 473 g/mol. The highest BCUT2D eigenvalue weighted by Crippen LogP contribution is 2.35. The van der Waals surface area contributed by atoms with Gasteiger partial charge in [0.1, 0.15) is 17.4 Å². The Labute approximate surface area is 205 Å². The third-order valence-corrected chi connectivity index (χ3v) is 6.99. The predicted molar refractivity (Wildman–Crippen MR) is 130 cm³/mol. The number of benzene rings is 1. The van der Waals surface area contributed by atoms with Crippen LogP contribution in [-0.4, -0.2) is 54.0 Å². The van der Waals surface area contributed by atoms with Crippen molar-refractivity contribution in [3.05, 3.63) is 47.9 Å². The van der Waals surface area contributed by atoms with E-state index in [1.165, 1.54) is 25.1 Å².